The van der Waals surface area contributed by atoms with Gasteiger partial charge in [-0.25, -0.2) is 0 Å². The van der Waals surface area contributed by atoms with Crippen LogP contribution in [0.25, 0.3) is 0 Å². The fourth-order valence-corrected chi connectivity index (χ4v) is 7.35. The third-order valence-corrected chi connectivity index (χ3v) is 11.3. The van der Waals surface area contributed by atoms with Gasteiger partial charge >= 0.3 is 0 Å². The summed E-state index contributed by atoms with van der Waals surface area (Å²) in [4.78, 5) is 93.6. The molecule has 65 heavy (non-hydrogen) atoms. The van der Waals surface area contributed by atoms with Crippen LogP contribution < -0.4 is 54.0 Å². The second-order valence-electron chi connectivity index (χ2n) is 17.0. The Morgan fingerprint density at radius 3 is 1.71 bits per heavy atom. The molecule has 21 heteroatoms. The minimum Gasteiger partial charge on any atom is -0.394 e. The Labute approximate surface area is 385 Å². The monoisotopic (exact) mass is 926 g/mol. The predicted octanol–water partition coefficient (Wildman–Crippen LogP) is -0.559. The maximum absolute atomic E-state index is 13.9. The average Bonchev–Trinajstić information content (AvgIpc) is 3.80. The number of rotatable bonds is 40. The van der Waals surface area contributed by atoms with Crippen LogP contribution in [0, 0.1) is 0 Å². The number of carbonyl (C=O) groups is 7. The number of carbonyl (C=O) groups excluding carboxylic acids is 7. The van der Waals surface area contributed by atoms with Crippen LogP contribution in [0.1, 0.15) is 155 Å². The second-order valence-corrected chi connectivity index (χ2v) is 17.0. The van der Waals surface area contributed by atoms with Crippen molar-refractivity contribution in [2.24, 2.45) is 16.5 Å². The third kappa shape index (κ3) is 27.6. The summed E-state index contributed by atoms with van der Waals surface area (Å²) < 4.78 is 0. The van der Waals surface area contributed by atoms with E-state index >= 15 is 0 Å². The highest BCUT2D eigenvalue weighted by Crippen LogP contribution is 2.14. The van der Waals surface area contributed by atoms with Crippen LogP contribution in [0.4, 0.5) is 0 Å². The Kier molecular flexibility index (Phi) is 32.2. The summed E-state index contributed by atoms with van der Waals surface area (Å²) in [5.74, 6) is -4.73. The number of unbranched alkanes of at least 4 members (excludes halogenated alkanes) is 13. The summed E-state index contributed by atoms with van der Waals surface area (Å²) in [5.41, 5.74) is 10.8. The number of aliphatic hydroxyl groups excluding tert-OH is 3. The molecule has 8 atom stereocenters. The highest BCUT2D eigenvalue weighted by atomic mass is 16.3. The van der Waals surface area contributed by atoms with Crippen LogP contribution in [-0.2, 0) is 33.6 Å². The number of aliphatic imine (C=N–C) groups is 1. The van der Waals surface area contributed by atoms with Crippen molar-refractivity contribution in [1.29, 1.82) is 0 Å². The van der Waals surface area contributed by atoms with Crippen LogP contribution in [0.15, 0.2) is 4.99 Å². The first-order valence-corrected chi connectivity index (χ1v) is 23.9. The van der Waals surface area contributed by atoms with E-state index in [0.717, 1.165) is 25.7 Å². The van der Waals surface area contributed by atoms with Crippen LogP contribution in [0.3, 0.4) is 0 Å². The van der Waals surface area contributed by atoms with Crippen molar-refractivity contribution in [2.75, 3.05) is 26.7 Å². The second kappa shape index (κ2) is 35.8. The maximum Gasteiger partial charge on any atom is 0.245 e. The van der Waals surface area contributed by atoms with Gasteiger partial charge in [0.25, 0.3) is 0 Å². The van der Waals surface area contributed by atoms with Gasteiger partial charge in [-0.1, -0.05) is 104 Å². The van der Waals surface area contributed by atoms with E-state index in [1.165, 1.54) is 71.2 Å². The molecule has 21 nitrogen and oxygen atoms in total. The number of amides is 7. The zero-order valence-corrected chi connectivity index (χ0v) is 39.2. The van der Waals surface area contributed by atoms with Gasteiger partial charge in [0.2, 0.25) is 41.4 Å². The van der Waals surface area contributed by atoms with Crippen molar-refractivity contribution in [3.05, 3.63) is 0 Å². The summed E-state index contributed by atoms with van der Waals surface area (Å²) in [6.07, 6.45) is 14.7. The van der Waals surface area contributed by atoms with E-state index in [1.54, 1.807) is 0 Å². The van der Waals surface area contributed by atoms with Crippen molar-refractivity contribution in [3.63, 3.8) is 0 Å². The van der Waals surface area contributed by atoms with Gasteiger partial charge in [0.05, 0.1) is 31.6 Å². The molecule has 1 aliphatic rings. The van der Waals surface area contributed by atoms with E-state index in [-0.39, 0.29) is 51.0 Å². The van der Waals surface area contributed by atoms with Gasteiger partial charge in [-0.15, -0.1) is 0 Å². The fraction of sp³-hybridized carbons (Fsp3) is 0.818. The largest absolute Gasteiger partial charge is 0.394 e. The number of hydrogen-bond acceptors (Lipinski definition) is 14. The average molecular weight is 926 g/mol. The first-order valence-electron chi connectivity index (χ1n) is 23.9. The van der Waals surface area contributed by atoms with Gasteiger partial charge in [0.15, 0.2) is 0 Å². The Hall–Kier alpha value is -4.44. The van der Waals surface area contributed by atoms with Gasteiger partial charge in [-0.05, 0) is 25.7 Å². The predicted molar refractivity (Wildman–Crippen MR) is 247 cm³/mol. The number of primary amides is 2. The molecule has 0 fully saturated rings. The first kappa shape index (κ1) is 58.6. The van der Waals surface area contributed by atoms with E-state index in [2.05, 4.69) is 54.5 Å². The molecule has 0 saturated carbocycles. The molecule has 0 saturated heterocycles. The van der Waals surface area contributed by atoms with Crippen molar-refractivity contribution < 1.29 is 48.9 Å². The lowest BCUT2D eigenvalue weighted by Gasteiger charge is -2.31. The van der Waals surface area contributed by atoms with Crippen molar-refractivity contribution >= 4 is 47.7 Å². The summed E-state index contributed by atoms with van der Waals surface area (Å²) in [7, 11) is 1.42. The highest BCUT2D eigenvalue weighted by molar-refractivity contribution is 5.95. The summed E-state index contributed by atoms with van der Waals surface area (Å²) >= 11 is 0. The Balaban J connectivity index is 2.93. The number of aliphatic hydroxyl groups is 3. The van der Waals surface area contributed by atoms with Crippen molar-refractivity contribution in [2.45, 2.75) is 204 Å². The lowest BCUT2D eigenvalue weighted by atomic mass is 10.0. The number of nitrogens with one attached hydrogen (secondary N) is 8. The standard InChI is InChI=1S/C44H83N11O10/c1-4-6-8-9-10-11-12-13-14-15-16-17-18-20-38(59)49-27-39(60)51-32(21-23-36(45)57)41(62)53-33(22-24-37(46)58)42(63)54-34(25-30-26-48-29-50-30)43(64)55-35(28-56)44(65)52-31(19-7-5-2)40(61)47-3/h29-35,39,41,51,53,56,60,62H,4-28H2,1-3H3,(H2,45,57)(H2,46,58)(H,47,61)(H,48,50)(H,49,59)(H,52,65)(H,54,63)(H,55,64)/t30-,31-,32-,33-,34-,35-,39+,41-/m0/s1. The lowest BCUT2D eigenvalue weighted by molar-refractivity contribution is -0.135. The number of likely N-dealkylation sites (N-methyl/N-ethyl adjacent to an activating group) is 1. The van der Waals surface area contributed by atoms with E-state index in [1.807, 2.05) is 6.92 Å². The van der Waals surface area contributed by atoms with Crippen molar-refractivity contribution in [1.82, 2.24) is 42.5 Å². The molecular weight excluding hydrogens is 843 g/mol. The minimum absolute atomic E-state index is 0.0661. The van der Waals surface area contributed by atoms with Gasteiger partial charge in [0.1, 0.15) is 30.6 Å². The normalized spacial score (nSPS) is 16.5. The van der Waals surface area contributed by atoms with Gasteiger partial charge in [0, 0.05) is 45.3 Å². The molecule has 0 unspecified atom stereocenters. The zero-order valence-electron chi connectivity index (χ0n) is 39.2. The highest BCUT2D eigenvalue weighted by Gasteiger charge is 2.34. The molecular formula is C44H83N11O10. The van der Waals surface area contributed by atoms with E-state index in [9.17, 15) is 48.9 Å². The molecule has 0 aromatic carbocycles. The third-order valence-electron chi connectivity index (χ3n) is 11.3. The molecule has 1 aliphatic heterocycles. The minimum atomic E-state index is -1.66. The zero-order chi connectivity index (χ0) is 48.4. The Bertz CT molecular complexity index is 1440. The Morgan fingerprint density at radius 1 is 0.646 bits per heavy atom. The van der Waals surface area contributed by atoms with Crippen LogP contribution in [0.2, 0.25) is 0 Å². The summed E-state index contributed by atoms with van der Waals surface area (Å²) in [6, 6.07) is -6.75. The molecule has 1 heterocycles. The SMILES string of the molecule is CCCCCCCCCCCCCCCC(=O)NC[C@@H](O)N[C@@H](CCC(N)=O)[C@H](O)N[C@@H](CCC(N)=O)C(=O)N[C@@H](C[C@H]1CNC=N1)C(=O)N[C@@H](CO)C(=O)N[C@@H](CCCC)C(=O)NC. The molecule has 374 valence electrons. The topological polar surface area (TPSA) is 341 Å². The Morgan fingerprint density at radius 2 is 1.17 bits per heavy atom. The molecule has 0 radical (unpaired) electrons. The maximum atomic E-state index is 13.9. The number of nitrogens with zero attached hydrogens (tertiary/aromatic N) is 1. The molecule has 0 aromatic rings. The summed E-state index contributed by atoms with van der Waals surface area (Å²) in [6.45, 7) is 3.41. The van der Waals surface area contributed by atoms with Crippen LogP contribution in [-0.4, -0.2) is 138 Å². The molecule has 15 N–H and O–H groups in total. The molecule has 1 rings (SSSR count). The van der Waals surface area contributed by atoms with Gasteiger partial charge in [-0.3, -0.25) is 49.2 Å². The number of nitrogens with two attached hydrogens (primary N) is 2. The van der Waals surface area contributed by atoms with Gasteiger partial charge < -0.3 is 58.7 Å². The van der Waals surface area contributed by atoms with Crippen molar-refractivity contribution in [3.8, 4) is 0 Å². The smallest absolute Gasteiger partial charge is 0.245 e. The quantitative estimate of drug-likeness (QED) is 0.0271. The van der Waals surface area contributed by atoms with Crippen LogP contribution in [0.5, 0.6) is 0 Å². The van der Waals surface area contributed by atoms with Crippen LogP contribution >= 0.6 is 0 Å². The molecule has 7 amide bonds. The van der Waals surface area contributed by atoms with E-state index < -0.39 is 90.8 Å². The van der Waals surface area contributed by atoms with E-state index in [4.69, 9.17) is 11.5 Å². The fourth-order valence-electron chi connectivity index (χ4n) is 7.35. The summed E-state index contributed by atoms with van der Waals surface area (Å²) in [5, 5.41) is 53.4. The molecule has 0 bridgehead atoms. The lowest BCUT2D eigenvalue weighted by Crippen LogP contribution is -2.61. The van der Waals surface area contributed by atoms with E-state index in [0.29, 0.717) is 25.8 Å². The molecule has 0 aromatic heterocycles. The van der Waals surface area contributed by atoms with Gasteiger partial charge in [-0.2, -0.15) is 0 Å². The molecule has 0 aliphatic carbocycles. The first-order chi connectivity index (χ1) is 31.1. The number of hydrogen-bond donors (Lipinski definition) is 13. The molecule has 0 spiro atoms.